The van der Waals surface area contributed by atoms with Crippen LogP contribution in [0.1, 0.15) is 5.69 Å². The van der Waals surface area contributed by atoms with Crippen molar-refractivity contribution >= 4 is 9.84 Å². The second kappa shape index (κ2) is 6.49. The average molecular weight is 360 g/mol. The minimum atomic E-state index is -4.82. The number of nitrogens with zero attached hydrogens (tertiary/aromatic N) is 6. The maximum atomic E-state index is 13.0. The lowest BCUT2D eigenvalue weighted by atomic mass is 10.2. The largest absolute Gasteiger partial charge is 0.433 e. The van der Waals surface area contributed by atoms with E-state index in [4.69, 9.17) is 5.53 Å². The van der Waals surface area contributed by atoms with Crippen LogP contribution in [0, 0.1) is 0 Å². The van der Waals surface area contributed by atoms with Gasteiger partial charge in [0.15, 0.2) is 0 Å². The first-order valence-corrected chi connectivity index (χ1v) is 8.35. The molecule has 0 bridgehead atoms. The molecule has 0 unspecified atom stereocenters. The Morgan fingerprint density at radius 3 is 2.67 bits per heavy atom. The minimum Gasteiger partial charge on any atom is -0.346 e. The Morgan fingerprint density at radius 2 is 2.08 bits per heavy atom. The van der Waals surface area contributed by atoms with Crippen LogP contribution in [-0.2, 0) is 22.6 Å². The molecule has 128 valence electrons. The molecule has 0 amide bonds. The number of hydrogen-bond donors (Lipinski definition) is 0. The molecule has 2 rings (SSSR count). The molecule has 0 N–H and O–H groups in total. The first-order chi connectivity index (χ1) is 11.1. The summed E-state index contributed by atoms with van der Waals surface area (Å²) in [5, 5.41) is 2.44. The highest BCUT2D eigenvalue weighted by Gasteiger charge is 2.35. The topological polar surface area (TPSA) is 114 Å². The van der Waals surface area contributed by atoms with Crippen LogP contribution >= 0.6 is 0 Å². The fourth-order valence-corrected chi connectivity index (χ4v) is 2.43. The lowest BCUT2D eigenvalue weighted by molar-refractivity contribution is -0.141. The van der Waals surface area contributed by atoms with Gasteiger partial charge in [-0.15, -0.1) is 0 Å². The number of aromatic nitrogens is 3. The summed E-state index contributed by atoms with van der Waals surface area (Å²) in [7, 11) is -4.03. The molecule has 0 saturated heterocycles. The fourth-order valence-electron chi connectivity index (χ4n) is 1.91. The lowest BCUT2D eigenvalue weighted by Gasteiger charge is -2.11. The molecule has 0 atom stereocenters. The van der Waals surface area contributed by atoms with E-state index < -0.39 is 26.9 Å². The van der Waals surface area contributed by atoms with Crippen LogP contribution in [0.25, 0.3) is 21.8 Å². The molecule has 2 aromatic heterocycles. The molecule has 2 heterocycles. The molecule has 0 fully saturated rings. The number of hydrogen-bond acceptors (Lipinski definition) is 5. The molecule has 0 saturated carbocycles. The molecule has 0 aliphatic carbocycles. The van der Waals surface area contributed by atoms with E-state index in [1.54, 1.807) is 12.3 Å². The van der Waals surface area contributed by atoms with Crippen molar-refractivity contribution in [2.45, 2.75) is 17.9 Å². The van der Waals surface area contributed by atoms with E-state index in [0.29, 0.717) is 6.07 Å². The second-order valence-corrected chi connectivity index (χ2v) is 6.64. The Labute approximate surface area is 134 Å². The van der Waals surface area contributed by atoms with Gasteiger partial charge in [0.05, 0.1) is 11.4 Å². The van der Waals surface area contributed by atoms with E-state index in [1.165, 1.54) is 10.6 Å². The molecule has 0 spiro atoms. The number of azide groups is 1. The molecule has 8 nitrogen and oxygen atoms in total. The van der Waals surface area contributed by atoms with Gasteiger partial charge in [0.25, 0.3) is 0 Å². The number of rotatable bonds is 5. The van der Waals surface area contributed by atoms with Gasteiger partial charge in [-0.1, -0.05) is 5.11 Å². The molecular weight excluding hydrogens is 349 g/mol. The number of alkyl halides is 3. The van der Waals surface area contributed by atoms with Crippen LogP contribution in [0.15, 0.2) is 34.7 Å². The Morgan fingerprint density at radius 1 is 1.38 bits per heavy atom. The van der Waals surface area contributed by atoms with Crippen molar-refractivity contribution in [3.63, 3.8) is 0 Å². The first kappa shape index (κ1) is 17.8. The van der Waals surface area contributed by atoms with Gasteiger partial charge in [0, 0.05) is 30.5 Å². The summed E-state index contributed by atoms with van der Waals surface area (Å²) >= 11 is 0. The minimum absolute atomic E-state index is 0.0777. The Kier molecular flexibility index (Phi) is 4.81. The van der Waals surface area contributed by atoms with Gasteiger partial charge in [0.1, 0.15) is 5.69 Å². The summed E-state index contributed by atoms with van der Waals surface area (Å²) < 4.78 is 63.6. The summed E-state index contributed by atoms with van der Waals surface area (Å²) in [6, 6.07) is 3.71. The molecule has 0 aliphatic rings. The monoisotopic (exact) mass is 360 g/mol. The second-order valence-electron chi connectivity index (χ2n) is 4.73. The van der Waals surface area contributed by atoms with Crippen molar-refractivity contribution in [2.75, 3.05) is 12.8 Å². The van der Waals surface area contributed by atoms with Gasteiger partial charge in [-0.25, -0.2) is 18.4 Å². The number of halogens is 3. The van der Waals surface area contributed by atoms with E-state index in [0.717, 1.165) is 6.26 Å². The summed E-state index contributed by atoms with van der Waals surface area (Å²) in [6.07, 6.45) is -2.54. The summed E-state index contributed by atoms with van der Waals surface area (Å²) in [4.78, 5) is 9.41. The Balaban J connectivity index is 2.58. The van der Waals surface area contributed by atoms with E-state index in [-0.39, 0.29) is 24.5 Å². The summed E-state index contributed by atoms with van der Waals surface area (Å²) in [6.45, 7) is 0.278. The fraction of sp³-hybridized carbons (Fsp3) is 0.333. The van der Waals surface area contributed by atoms with Crippen LogP contribution in [0.2, 0.25) is 0 Å². The third kappa shape index (κ3) is 4.03. The van der Waals surface area contributed by atoms with Crippen molar-refractivity contribution < 1.29 is 21.6 Å². The highest BCUT2D eigenvalue weighted by Crippen LogP contribution is 2.31. The van der Waals surface area contributed by atoms with Gasteiger partial charge in [0.2, 0.25) is 15.0 Å². The molecular formula is C12H11F3N6O2S. The zero-order chi connectivity index (χ0) is 18.0. The average Bonchev–Trinajstić information content (AvgIpc) is 2.94. The number of sulfone groups is 1. The highest BCUT2D eigenvalue weighted by atomic mass is 32.2. The first-order valence-electron chi connectivity index (χ1n) is 6.45. The van der Waals surface area contributed by atoms with E-state index in [9.17, 15) is 21.6 Å². The van der Waals surface area contributed by atoms with Crippen molar-refractivity contribution in [3.05, 3.63) is 40.5 Å². The summed E-state index contributed by atoms with van der Waals surface area (Å²) in [5.41, 5.74) is 6.98. The molecule has 12 heteroatoms. The smallest absolute Gasteiger partial charge is 0.346 e. The molecule has 2 aromatic rings. The maximum Gasteiger partial charge on any atom is 0.433 e. The van der Waals surface area contributed by atoms with Crippen LogP contribution in [0.5, 0.6) is 0 Å². The van der Waals surface area contributed by atoms with E-state index in [2.05, 4.69) is 20.0 Å². The van der Waals surface area contributed by atoms with Gasteiger partial charge >= 0.3 is 6.18 Å². The summed E-state index contributed by atoms with van der Waals surface area (Å²) in [5.74, 6) is 0. The normalized spacial score (nSPS) is 12.0. The third-order valence-corrected chi connectivity index (χ3v) is 3.77. The molecule has 0 radical (unpaired) electrons. The van der Waals surface area contributed by atoms with Crippen molar-refractivity contribution in [2.24, 2.45) is 5.11 Å². The molecule has 24 heavy (non-hydrogen) atoms. The zero-order valence-corrected chi connectivity index (χ0v) is 13.1. The molecule has 0 aliphatic heterocycles. The molecule has 0 aromatic carbocycles. The van der Waals surface area contributed by atoms with Crippen LogP contribution in [0.3, 0.4) is 0 Å². The van der Waals surface area contributed by atoms with E-state index >= 15 is 0 Å². The van der Waals surface area contributed by atoms with Gasteiger partial charge in [-0.2, -0.15) is 13.2 Å². The third-order valence-electron chi connectivity index (χ3n) is 2.92. The quantitative estimate of drug-likeness (QED) is 0.353. The predicted octanol–water partition coefficient (Wildman–Crippen LogP) is 2.68. The standard InChI is InChI=1S/C12H11F3N6O2S/c1-24(22,23)11-18-8(7-10(19-11)12(13,14)15)9-3-2-5-21(9)6-4-17-20-16/h2-3,5,7H,4,6H2,1H3. The highest BCUT2D eigenvalue weighted by molar-refractivity contribution is 7.90. The predicted molar refractivity (Wildman–Crippen MR) is 77.6 cm³/mol. The van der Waals surface area contributed by atoms with Gasteiger partial charge in [-0.3, -0.25) is 0 Å². The van der Waals surface area contributed by atoms with Crippen LogP contribution < -0.4 is 0 Å². The van der Waals surface area contributed by atoms with Gasteiger partial charge in [-0.05, 0) is 23.7 Å². The van der Waals surface area contributed by atoms with E-state index in [1.807, 2.05) is 0 Å². The van der Waals surface area contributed by atoms with Crippen LogP contribution in [-0.4, -0.2) is 35.8 Å². The zero-order valence-electron chi connectivity index (χ0n) is 12.3. The lowest BCUT2D eigenvalue weighted by Crippen LogP contribution is -2.14. The maximum absolute atomic E-state index is 13.0. The van der Waals surface area contributed by atoms with Crippen molar-refractivity contribution in [3.8, 4) is 11.4 Å². The van der Waals surface area contributed by atoms with Crippen LogP contribution in [0.4, 0.5) is 13.2 Å². The Hall–Kier alpha value is -2.59. The Bertz CT molecular complexity index is 900. The SMILES string of the molecule is CS(=O)(=O)c1nc(-c2cccn2CCN=[N+]=[N-])cc(C(F)(F)F)n1. The van der Waals surface area contributed by atoms with Gasteiger partial charge < -0.3 is 4.57 Å². The van der Waals surface area contributed by atoms with Crippen molar-refractivity contribution in [1.29, 1.82) is 0 Å². The van der Waals surface area contributed by atoms with Crippen molar-refractivity contribution in [1.82, 2.24) is 14.5 Å².